The van der Waals surface area contributed by atoms with Crippen molar-refractivity contribution in [2.75, 3.05) is 27.4 Å². The minimum Gasteiger partial charge on any atom is -0.496 e. The first-order valence-corrected chi connectivity index (χ1v) is 17.7. The molecule has 0 amide bonds. The number of methoxy groups -OCH3 is 2. The van der Waals surface area contributed by atoms with Gasteiger partial charge in [0, 0.05) is 35.1 Å². The molecule has 0 aliphatic rings. The standard InChI is InChI=1S/C43H48O8/c1-5-50-42(46)26-30-14-12-16-32(24-30)36-28-34(20-22-40(36)48-3)38(44)18-10-8-7-9-11-19-39(45)35-21-23-41(49-4)37(29-35)33-17-13-15-31(25-33)27-43(47)51-6-2/h12-17,20-25,28-29H,5-11,18-19,26-27H2,1-4H3. The maximum atomic E-state index is 13.1. The zero-order chi connectivity index (χ0) is 36.6. The summed E-state index contributed by atoms with van der Waals surface area (Å²) < 4.78 is 21.4. The predicted molar refractivity (Wildman–Crippen MR) is 199 cm³/mol. The van der Waals surface area contributed by atoms with Crippen molar-refractivity contribution >= 4 is 23.5 Å². The molecule has 0 saturated carbocycles. The molecule has 51 heavy (non-hydrogen) atoms. The molecule has 0 unspecified atom stereocenters. The Morgan fingerprint density at radius 2 is 0.922 bits per heavy atom. The number of unbranched alkanes of at least 4 members (excludes halogenated alkanes) is 4. The van der Waals surface area contributed by atoms with Gasteiger partial charge in [-0.2, -0.15) is 0 Å². The second-order valence-electron chi connectivity index (χ2n) is 12.3. The lowest BCUT2D eigenvalue weighted by Gasteiger charge is -2.12. The van der Waals surface area contributed by atoms with Crippen LogP contribution in [-0.2, 0) is 31.9 Å². The Kier molecular flexibility index (Phi) is 15.0. The molecule has 4 aromatic rings. The summed E-state index contributed by atoms with van der Waals surface area (Å²) in [7, 11) is 3.20. The molecule has 0 fully saturated rings. The minimum atomic E-state index is -0.281. The van der Waals surface area contributed by atoms with Crippen LogP contribution < -0.4 is 9.47 Å². The molecule has 0 aliphatic carbocycles. The number of benzene rings is 4. The Labute approximate surface area is 301 Å². The fraction of sp³-hybridized carbons (Fsp3) is 0.349. The van der Waals surface area contributed by atoms with Gasteiger partial charge in [-0.25, -0.2) is 0 Å². The number of hydrogen-bond acceptors (Lipinski definition) is 8. The second-order valence-corrected chi connectivity index (χ2v) is 12.3. The number of ketones is 2. The monoisotopic (exact) mass is 692 g/mol. The molecule has 0 spiro atoms. The quantitative estimate of drug-likeness (QED) is 0.0513. The number of esters is 2. The number of Topliss-reactive ketones (excluding diaryl/α,β-unsaturated/α-hetero) is 2. The topological polar surface area (TPSA) is 105 Å². The first-order valence-electron chi connectivity index (χ1n) is 17.7. The van der Waals surface area contributed by atoms with Crippen molar-refractivity contribution in [1.82, 2.24) is 0 Å². The number of rotatable bonds is 20. The molecule has 0 aromatic heterocycles. The average Bonchev–Trinajstić information content (AvgIpc) is 3.14. The van der Waals surface area contributed by atoms with Crippen LogP contribution in [0.4, 0.5) is 0 Å². The highest BCUT2D eigenvalue weighted by Gasteiger charge is 2.15. The lowest BCUT2D eigenvalue weighted by Crippen LogP contribution is -2.07. The Morgan fingerprint density at radius 3 is 1.31 bits per heavy atom. The van der Waals surface area contributed by atoms with Crippen LogP contribution in [0.1, 0.15) is 90.6 Å². The van der Waals surface area contributed by atoms with E-state index >= 15 is 0 Å². The van der Waals surface area contributed by atoms with Crippen molar-refractivity contribution in [2.24, 2.45) is 0 Å². The maximum absolute atomic E-state index is 13.1. The molecule has 8 heteroatoms. The molecule has 0 atom stereocenters. The Balaban J connectivity index is 1.26. The van der Waals surface area contributed by atoms with E-state index in [2.05, 4.69) is 0 Å². The second kappa shape index (κ2) is 19.8. The third-order valence-electron chi connectivity index (χ3n) is 8.63. The largest absolute Gasteiger partial charge is 0.496 e. The third kappa shape index (κ3) is 11.4. The first kappa shape index (κ1) is 38.6. The predicted octanol–water partition coefficient (Wildman–Crippen LogP) is 9.05. The van der Waals surface area contributed by atoms with Crippen molar-refractivity contribution in [1.29, 1.82) is 0 Å². The van der Waals surface area contributed by atoms with Crippen LogP contribution in [0.25, 0.3) is 22.3 Å². The van der Waals surface area contributed by atoms with Crippen LogP contribution in [-0.4, -0.2) is 50.9 Å². The molecular weight excluding hydrogens is 644 g/mol. The number of carbonyl (C=O) groups is 4. The van der Waals surface area contributed by atoms with Gasteiger partial charge in [0.05, 0.1) is 40.3 Å². The van der Waals surface area contributed by atoms with Crippen LogP contribution in [0.5, 0.6) is 11.5 Å². The van der Waals surface area contributed by atoms with Crippen LogP contribution in [0.2, 0.25) is 0 Å². The molecule has 0 N–H and O–H groups in total. The van der Waals surface area contributed by atoms with E-state index in [4.69, 9.17) is 18.9 Å². The molecule has 0 aliphatic heterocycles. The lowest BCUT2D eigenvalue weighted by atomic mass is 9.96. The van der Waals surface area contributed by atoms with Crippen molar-refractivity contribution in [2.45, 2.75) is 71.6 Å². The van der Waals surface area contributed by atoms with Gasteiger partial charge >= 0.3 is 11.9 Å². The first-order chi connectivity index (χ1) is 24.8. The summed E-state index contributed by atoms with van der Waals surface area (Å²) in [6.45, 7) is 4.23. The summed E-state index contributed by atoms with van der Waals surface area (Å²) in [6.07, 6.45) is 5.47. The van der Waals surface area contributed by atoms with E-state index in [1.54, 1.807) is 40.2 Å². The molecule has 8 nitrogen and oxygen atoms in total. The highest BCUT2D eigenvalue weighted by atomic mass is 16.5. The maximum Gasteiger partial charge on any atom is 0.310 e. The molecule has 0 heterocycles. The SMILES string of the molecule is CCOC(=O)Cc1cccc(-c2cc(C(=O)CCCCCCCC(=O)c3ccc(OC)c(-c4cccc(CC(=O)OCC)c4)c3)ccc2OC)c1. The van der Waals surface area contributed by atoms with E-state index < -0.39 is 0 Å². The molecule has 0 bridgehead atoms. The van der Waals surface area contributed by atoms with Gasteiger partial charge in [0.25, 0.3) is 0 Å². The smallest absolute Gasteiger partial charge is 0.310 e. The van der Waals surface area contributed by atoms with Crippen LogP contribution in [0, 0.1) is 0 Å². The zero-order valence-electron chi connectivity index (χ0n) is 30.1. The molecule has 268 valence electrons. The van der Waals surface area contributed by atoms with E-state index in [0.29, 0.717) is 48.7 Å². The van der Waals surface area contributed by atoms with Crippen LogP contribution >= 0.6 is 0 Å². The van der Waals surface area contributed by atoms with Crippen molar-refractivity contribution in [3.63, 3.8) is 0 Å². The van der Waals surface area contributed by atoms with E-state index in [1.165, 1.54) is 0 Å². The highest BCUT2D eigenvalue weighted by molar-refractivity contribution is 5.98. The summed E-state index contributed by atoms with van der Waals surface area (Å²) in [5.74, 6) is 0.880. The Bertz CT molecular complexity index is 1680. The Morgan fingerprint density at radius 1 is 0.510 bits per heavy atom. The fourth-order valence-corrected chi connectivity index (χ4v) is 6.06. The van der Waals surface area contributed by atoms with E-state index in [0.717, 1.165) is 65.5 Å². The Hall–Kier alpha value is -5.24. The number of carbonyl (C=O) groups excluding carboxylic acids is 4. The van der Waals surface area contributed by atoms with Gasteiger partial charge < -0.3 is 18.9 Å². The molecule has 0 radical (unpaired) electrons. The van der Waals surface area contributed by atoms with Gasteiger partial charge in [-0.05, 0) is 85.3 Å². The van der Waals surface area contributed by atoms with E-state index in [-0.39, 0.29) is 36.3 Å². The van der Waals surface area contributed by atoms with Crippen LogP contribution in [0.15, 0.2) is 84.9 Å². The van der Waals surface area contributed by atoms with Gasteiger partial charge in [0.15, 0.2) is 11.6 Å². The van der Waals surface area contributed by atoms with Crippen molar-refractivity contribution in [3.05, 3.63) is 107 Å². The summed E-state index contributed by atoms with van der Waals surface area (Å²) in [4.78, 5) is 50.3. The van der Waals surface area contributed by atoms with Gasteiger partial charge in [-0.1, -0.05) is 67.8 Å². The number of ether oxygens (including phenoxy) is 4. The highest BCUT2D eigenvalue weighted by Crippen LogP contribution is 2.33. The van der Waals surface area contributed by atoms with Gasteiger partial charge in [-0.3, -0.25) is 19.2 Å². The zero-order valence-corrected chi connectivity index (χ0v) is 30.1. The van der Waals surface area contributed by atoms with Crippen LogP contribution in [0.3, 0.4) is 0 Å². The average molecular weight is 693 g/mol. The van der Waals surface area contributed by atoms with E-state index in [9.17, 15) is 19.2 Å². The van der Waals surface area contributed by atoms with Crippen molar-refractivity contribution < 1.29 is 38.1 Å². The molecular formula is C43H48O8. The third-order valence-corrected chi connectivity index (χ3v) is 8.63. The summed E-state index contributed by atoms with van der Waals surface area (Å²) >= 11 is 0. The molecule has 4 rings (SSSR count). The summed E-state index contributed by atoms with van der Waals surface area (Å²) in [5.41, 5.74) is 6.22. The van der Waals surface area contributed by atoms with Gasteiger partial charge in [-0.15, -0.1) is 0 Å². The minimum absolute atomic E-state index is 0.0681. The molecule has 0 saturated heterocycles. The van der Waals surface area contributed by atoms with Gasteiger partial charge in [0.1, 0.15) is 11.5 Å². The fourth-order valence-electron chi connectivity index (χ4n) is 6.06. The van der Waals surface area contributed by atoms with Crippen molar-refractivity contribution in [3.8, 4) is 33.8 Å². The van der Waals surface area contributed by atoms with E-state index in [1.807, 2.05) is 72.8 Å². The molecule has 4 aromatic carbocycles. The lowest BCUT2D eigenvalue weighted by molar-refractivity contribution is -0.143. The summed E-state index contributed by atoms with van der Waals surface area (Å²) in [6, 6.07) is 26.2. The van der Waals surface area contributed by atoms with Gasteiger partial charge in [0.2, 0.25) is 0 Å². The normalized spacial score (nSPS) is 10.7. The summed E-state index contributed by atoms with van der Waals surface area (Å²) in [5, 5.41) is 0. The number of hydrogen-bond donors (Lipinski definition) is 0.